The average molecular weight is 349 g/mol. The SMILES string of the molecule is CC(C)c1ccc(C2OCOC3C2=CC(Br)=CC3C)cc1. The maximum atomic E-state index is 5.89. The van der Waals surface area contributed by atoms with Gasteiger partial charge in [0.1, 0.15) is 12.9 Å². The van der Waals surface area contributed by atoms with Crippen LogP contribution in [0.4, 0.5) is 0 Å². The van der Waals surface area contributed by atoms with Crippen LogP contribution in [-0.2, 0) is 9.47 Å². The van der Waals surface area contributed by atoms with Gasteiger partial charge < -0.3 is 9.47 Å². The Balaban J connectivity index is 1.92. The fourth-order valence-corrected chi connectivity index (χ4v) is 3.71. The van der Waals surface area contributed by atoms with Crippen LogP contribution in [0.1, 0.15) is 43.9 Å². The predicted molar refractivity (Wildman–Crippen MR) is 88.4 cm³/mol. The molecule has 1 fully saturated rings. The summed E-state index contributed by atoms with van der Waals surface area (Å²) in [4.78, 5) is 0. The summed E-state index contributed by atoms with van der Waals surface area (Å²) < 4.78 is 12.8. The summed E-state index contributed by atoms with van der Waals surface area (Å²) in [5, 5.41) is 0. The van der Waals surface area contributed by atoms with Gasteiger partial charge in [-0.05, 0) is 28.7 Å². The van der Waals surface area contributed by atoms with Gasteiger partial charge in [-0.2, -0.15) is 0 Å². The van der Waals surface area contributed by atoms with E-state index in [0.29, 0.717) is 18.6 Å². The molecule has 1 aromatic rings. The minimum absolute atomic E-state index is 0.00587. The lowest BCUT2D eigenvalue weighted by Crippen LogP contribution is -2.35. The van der Waals surface area contributed by atoms with Crippen molar-refractivity contribution in [2.24, 2.45) is 5.92 Å². The molecule has 112 valence electrons. The third-order valence-electron chi connectivity index (χ3n) is 4.22. The van der Waals surface area contributed by atoms with E-state index in [1.54, 1.807) is 0 Å². The molecular formula is C18H21BrO2. The van der Waals surface area contributed by atoms with Crippen molar-refractivity contribution in [3.8, 4) is 0 Å². The second-order valence-electron chi connectivity index (χ2n) is 6.13. The van der Waals surface area contributed by atoms with E-state index in [4.69, 9.17) is 9.47 Å². The van der Waals surface area contributed by atoms with Crippen LogP contribution < -0.4 is 0 Å². The van der Waals surface area contributed by atoms with Crippen LogP contribution in [0.25, 0.3) is 0 Å². The van der Waals surface area contributed by atoms with E-state index in [1.165, 1.54) is 16.7 Å². The first-order valence-corrected chi connectivity index (χ1v) is 8.27. The minimum atomic E-state index is -0.00587. The normalized spacial score (nSPS) is 28.9. The van der Waals surface area contributed by atoms with Crippen LogP contribution in [-0.4, -0.2) is 12.9 Å². The van der Waals surface area contributed by atoms with E-state index in [2.05, 4.69) is 73.1 Å². The lowest BCUT2D eigenvalue weighted by atomic mass is 9.85. The number of fused-ring (bicyclic) bond motifs is 1. The zero-order valence-corrected chi connectivity index (χ0v) is 14.3. The fraction of sp³-hybridized carbons (Fsp3) is 0.444. The smallest absolute Gasteiger partial charge is 0.148 e. The van der Waals surface area contributed by atoms with E-state index < -0.39 is 0 Å². The molecule has 2 aliphatic rings. The van der Waals surface area contributed by atoms with Crippen molar-refractivity contribution < 1.29 is 9.47 Å². The van der Waals surface area contributed by atoms with Gasteiger partial charge in [-0.15, -0.1) is 0 Å². The maximum absolute atomic E-state index is 5.89. The molecule has 0 amide bonds. The third kappa shape index (κ3) is 3.01. The van der Waals surface area contributed by atoms with Gasteiger partial charge >= 0.3 is 0 Å². The van der Waals surface area contributed by atoms with Gasteiger partial charge in [-0.3, -0.25) is 0 Å². The summed E-state index contributed by atoms with van der Waals surface area (Å²) in [6.45, 7) is 6.96. The number of ether oxygens (including phenoxy) is 2. The quantitative estimate of drug-likeness (QED) is 0.741. The molecule has 3 heteroatoms. The summed E-state index contributed by atoms with van der Waals surface area (Å²) in [5.74, 6) is 0.911. The first-order chi connectivity index (χ1) is 10.1. The molecule has 1 aliphatic heterocycles. The Morgan fingerprint density at radius 1 is 1.14 bits per heavy atom. The van der Waals surface area contributed by atoms with E-state index in [0.717, 1.165) is 4.48 Å². The Kier molecular flexibility index (Phi) is 4.34. The largest absolute Gasteiger partial charge is 0.347 e. The van der Waals surface area contributed by atoms with Crippen molar-refractivity contribution in [3.05, 3.63) is 57.6 Å². The van der Waals surface area contributed by atoms with Crippen molar-refractivity contribution >= 4 is 15.9 Å². The molecule has 3 rings (SSSR count). The Labute approximate surface area is 135 Å². The zero-order valence-electron chi connectivity index (χ0n) is 12.7. The standard InChI is InChI=1S/C18H21BrO2/c1-11(2)13-4-6-14(7-5-13)18-16-9-15(19)8-12(3)17(16)20-10-21-18/h4-9,11-12,17-18H,10H2,1-3H3. The molecule has 0 radical (unpaired) electrons. The van der Waals surface area contributed by atoms with Crippen molar-refractivity contribution in [1.82, 2.24) is 0 Å². The van der Waals surface area contributed by atoms with E-state index >= 15 is 0 Å². The zero-order chi connectivity index (χ0) is 15.0. The van der Waals surface area contributed by atoms with Gasteiger partial charge in [0, 0.05) is 10.4 Å². The van der Waals surface area contributed by atoms with Gasteiger partial charge in [0.25, 0.3) is 0 Å². The van der Waals surface area contributed by atoms with Crippen LogP contribution >= 0.6 is 15.9 Å². The molecule has 2 nitrogen and oxygen atoms in total. The van der Waals surface area contributed by atoms with Crippen molar-refractivity contribution in [2.45, 2.75) is 38.9 Å². The third-order valence-corrected chi connectivity index (χ3v) is 4.72. The summed E-state index contributed by atoms with van der Waals surface area (Å²) in [6.07, 6.45) is 4.45. The van der Waals surface area contributed by atoms with Crippen LogP contribution in [0.2, 0.25) is 0 Å². The Hall–Kier alpha value is -0.900. The summed E-state index contributed by atoms with van der Waals surface area (Å²) in [6, 6.07) is 8.76. The van der Waals surface area contributed by atoms with Crippen LogP contribution in [0, 0.1) is 5.92 Å². The highest BCUT2D eigenvalue weighted by molar-refractivity contribution is 9.11. The lowest BCUT2D eigenvalue weighted by molar-refractivity contribution is -0.151. The summed E-state index contributed by atoms with van der Waals surface area (Å²) >= 11 is 3.60. The molecule has 0 spiro atoms. The number of benzene rings is 1. The monoisotopic (exact) mass is 348 g/mol. The second kappa shape index (κ2) is 6.07. The van der Waals surface area contributed by atoms with Crippen molar-refractivity contribution in [2.75, 3.05) is 6.79 Å². The molecular weight excluding hydrogens is 328 g/mol. The first-order valence-electron chi connectivity index (χ1n) is 7.48. The number of rotatable bonds is 2. The molecule has 1 saturated heterocycles. The molecule has 0 aromatic heterocycles. The minimum Gasteiger partial charge on any atom is -0.347 e. The number of halogens is 1. The van der Waals surface area contributed by atoms with E-state index in [-0.39, 0.29) is 12.2 Å². The van der Waals surface area contributed by atoms with Gasteiger partial charge in [0.05, 0.1) is 6.10 Å². The number of hydrogen-bond acceptors (Lipinski definition) is 2. The van der Waals surface area contributed by atoms with Gasteiger partial charge in [-0.25, -0.2) is 0 Å². The second-order valence-corrected chi connectivity index (χ2v) is 7.04. The number of hydrogen-bond donors (Lipinski definition) is 0. The predicted octanol–water partition coefficient (Wildman–Crippen LogP) is 5.08. The molecule has 0 bridgehead atoms. The van der Waals surface area contributed by atoms with Gasteiger partial charge in [0.2, 0.25) is 0 Å². The highest BCUT2D eigenvalue weighted by Crippen LogP contribution is 2.40. The Bertz CT molecular complexity index is 571. The summed E-state index contributed by atoms with van der Waals surface area (Å²) in [7, 11) is 0. The van der Waals surface area contributed by atoms with Crippen LogP contribution in [0.5, 0.6) is 0 Å². The first kappa shape index (κ1) is 15.0. The highest BCUT2D eigenvalue weighted by atomic mass is 79.9. The summed E-state index contributed by atoms with van der Waals surface area (Å²) in [5.41, 5.74) is 3.77. The van der Waals surface area contributed by atoms with E-state index in [1.807, 2.05) is 0 Å². The van der Waals surface area contributed by atoms with Crippen LogP contribution in [0.3, 0.4) is 0 Å². The molecule has 1 aromatic carbocycles. The molecule has 0 saturated carbocycles. The average Bonchev–Trinajstić information content (AvgIpc) is 2.46. The van der Waals surface area contributed by atoms with E-state index in [9.17, 15) is 0 Å². The molecule has 3 unspecified atom stereocenters. The molecule has 1 aliphatic carbocycles. The van der Waals surface area contributed by atoms with Crippen LogP contribution in [0.15, 0.2) is 46.5 Å². The molecule has 3 atom stereocenters. The molecule has 0 N–H and O–H groups in total. The Morgan fingerprint density at radius 2 is 1.86 bits per heavy atom. The Morgan fingerprint density at radius 3 is 2.52 bits per heavy atom. The topological polar surface area (TPSA) is 18.5 Å². The lowest BCUT2D eigenvalue weighted by Gasteiger charge is -2.37. The van der Waals surface area contributed by atoms with Crippen molar-refractivity contribution in [3.63, 3.8) is 0 Å². The molecule has 21 heavy (non-hydrogen) atoms. The fourth-order valence-electron chi connectivity index (χ4n) is 3.03. The maximum Gasteiger partial charge on any atom is 0.148 e. The number of allylic oxidation sites excluding steroid dienone is 2. The molecule has 1 heterocycles. The van der Waals surface area contributed by atoms with Gasteiger partial charge in [0.15, 0.2) is 0 Å². The van der Waals surface area contributed by atoms with Gasteiger partial charge in [-0.1, -0.05) is 67.0 Å². The van der Waals surface area contributed by atoms with Crippen molar-refractivity contribution in [1.29, 1.82) is 0 Å². The highest BCUT2D eigenvalue weighted by Gasteiger charge is 2.35.